The zero-order chi connectivity index (χ0) is 26.7. The number of aromatic nitrogens is 1. The topological polar surface area (TPSA) is 106 Å². The van der Waals surface area contributed by atoms with Gasteiger partial charge in [0.1, 0.15) is 0 Å². The monoisotopic (exact) mass is 509 g/mol. The average Bonchev–Trinajstić information content (AvgIpc) is 3.42. The van der Waals surface area contributed by atoms with Gasteiger partial charge in [-0.1, -0.05) is 67.6 Å². The number of rotatable bonds is 9. The number of aliphatic hydroxyl groups is 2. The fraction of sp³-hybridized carbons (Fsp3) is 0.226. The highest BCUT2D eigenvalue weighted by Gasteiger charge is 2.52. The molecule has 0 saturated heterocycles. The van der Waals surface area contributed by atoms with E-state index in [4.69, 9.17) is 5.11 Å². The molecule has 7 heteroatoms. The number of benzene rings is 3. The summed E-state index contributed by atoms with van der Waals surface area (Å²) >= 11 is 0. The first kappa shape index (κ1) is 25.4. The summed E-state index contributed by atoms with van der Waals surface area (Å²) in [5.74, 6) is -1.17. The number of fused-ring (bicyclic) bond motifs is 2. The molecular formula is C31H31N3O4. The number of nitrogens with zero attached hydrogens (tertiary/aromatic N) is 1. The Balaban J connectivity index is 1.45. The van der Waals surface area contributed by atoms with E-state index in [1.165, 1.54) is 0 Å². The highest BCUT2D eigenvalue weighted by Crippen LogP contribution is 2.46. The molecule has 0 fully saturated rings. The maximum atomic E-state index is 13.7. The maximum Gasteiger partial charge on any atom is 0.264 e. The molecule has 0 unspecified atom stereocenters. The normalized spacial score (nSPS) is 17.8. The van der Waals surface area contributed by atoms with Gasteiger partial charge in [0.25, 0.3) is 5.91 Å². The molecule has 5 rings (SSSR count). The fourth-order valence-corrected chi connectivity index (χ4v) is 5.12. The van der Waals surface area contributed by atoms with Crippen molar-refractivity contribution in [1.82, 2.24) is 4.98 Å². The van der Waals surface area contributed by atoms with Crippen LogP contribution in [0.5, 0.6) is 0 Å². The number of aromatic amines is 1. The molecule has 2 heterocycles. The highest BCUT2D eigenvalue weighted by atomic mass is 16.3. The second kappa shape index (κ2) is 10.7. The van der Waals surface area contributed by atoms with Crippen LogP contribution in [0.25, 0.3) is 10.9 Å². The number of amides is 2. The Labute approximate surface area is 221 Å². The van der Waals surface area contributed by atoms with Gasteiger partial charge in [-0.15, -0.1) is 0 Å². The highest BCUT2D eigenvalue weighted by molar-refractivity contribution is 6.08. The third-order valence-electron chi connectivity index (χ3n) is 7.14. The first-order valence-corrected chi connectivity index (χ1v) is 12.8. The van der Waals surface area contributed by atoms with Gasteiger partial charge in [-0.05, 0) is 41.8 Å². The van der Waals surface area contributed by atoms with Gasteiger partial charge in [0.05, 0.1) is 18.7 Å². The second-order valence-corrected chi connectivity index (χ2v) is 9.69. The van der Waals surface area contributed by atoms with Crippen LogP contribution in [0.4, 0.5) is 11.4 Å². The molecule has 0 aliphatic carbocycles. The SMILES string of the molecule is C[C@H](/C=C/CCO)[C@@]1(O)C(=O)N(Cc2ccccc2)c2ccc(NC(=O)Cc3c[nH]c4ccccc34)cc21. The van der Waals surface area contributed by atoms with E-state index in [1.54, 1.807) is 42.2 Å². The first-order chi connectivity index (χ1) is 18.4. The van der Waals surface area contributed by atoms with Crippen molar-refractivity contribution in [2.75, 3.05) is 16.8 Å². The van der Waals surface area contributed by atoms with Gasteiger partial charge in [-0.25, -0.2) is 0 Å². The third kappa shape index (κ3) is 4.74. The van der Waals surface area contributed by atoms with Crippen LogP contribution in [-0.2, 0) is 28.2 Å². The van der Waals surface area contributed by atoms with Crippen molar-refractivity contribution in [2.45, 2.75) is 31.9 Å². The fourth-order valence-electron chi connectivity index (χ4n) is 5.12. The molecule has 4 N–H and O–H groups in total. The molecule has 1 aromatic heterocycles. The van der Waals surface area contributed by atoms with Gasteiger partial charge in [0.2, 0.25) is 5.91 Å². The third-order valence-corrected chi connectivity index (χ3v) is 7.14. The number of nitrogens with one attached hydrogen (secondary N) is 2. The predicted molar refractivity (Wildman–Crippen MR) is 149 cm³/mol. The Bertz CT molecular complexity index is 1490. The second-order valence-electron chi connectivity index (χ2n) is 9.69. The van der Waals surface area contributed by atoms with E-state index in [9.17, 15) is 14.7 Å². The summed E-state index contributed by atoms with van der Waals surface area (Å²) in [6.07, 6.45) is 5.98. The van der Waals surface area contributed by atoms with E-state index >= 15 is 0 Å². The van der Waals surface area contributed by atoms with E-state index in [0.717, 1.165) is 22.0 Å². The minimum Gasteiger partial charge on any atom is -0.396 e. The van der Waals surface area contributed by atoms with Gasteiger partial charge in [-0.3, -0.25) is 9.59 Å². The average molecular weight is 510 g/mol. The van der Waals surface area contributed by atoms with Crippen LogP contribution in [0.2, 0.25) is 0 Å². The summed E-state index contributed by atoms with van der Waals surface area (Å²) in [4.78, 5) is 31.5. The molecule has 0 saturated carbocycles. The number of carbonyl (C=O) groups is 2. The van der Waals surface area contributed by atoms with Crippen LogP contribution in [0, 0.1) is 5.92 Å². The molecule has 0 radical (unpaired) electrons. The molecule has 4 aromatic rings. The molecule has 1 aliphatic heterocycles. The zero-order valence-electron chi connectivity index (χ0n) is 21.2. The minimum absolute atomic E-state index is 0.0150. The molecule has 0 bridgehead atoms. The first-order valence-electron chi connectivity index (χ1n) is 12.8. The lowest BCUT2D eigenvalue weighted by atomic mass is 9.82. The number of hydrogen-bond acceptors (Lipinski definition) is 4. The predicted octanol–water partition coefficient (Wildman–Crippen LogP) is 4.66. The summed E-state index contributed by atoms with van der Waals surface area (Å²) < 4.78 is 0. The number of aliphatic hydroxyl groups excluding tert-OH is 1. The van der Waals surface area contributed by atoms with Crippen LogP contribution < -0.4 is 10.2 Å². The molecule has 2 amide bonds. The summed E-state index contributed by atoms with van der Waals surface area (Å²) in [5.41, 5.74) is 2.56. The maximum absolute atomic E-state index is 13.7. The minimum atomic E-state index is -1.81. The van der Waals surface area contributed by atoms with Crippen molar-refractivity contribution in [3.05, 3.63) is 108 Å². The van der Waals surface area contributed by atoms with Crippen LogP contribution in [0.3, 0.4) is 0 Å². The molecular weight excluding hydrogens is 478 g/mol. The largest absolute Gasteiger partial charge is 0.396 e. The zero-order valence-corrected chi connectivity index (χ0v) is 21.2. The van der Waals surface area contributed by atoms with E-state index in [0.29, 0.717) is 29.9 Å². The van der Waals surface area contributed by atoms with Gasteiger partial charge < -0.3 is 25.4 Å². The van der Waals surface area contributed by atoms with Crippen molar-refractivity contribution >= 4 is 34.1 Å². The van der Waals surface area contributed by atoms with Crippen LogP contribution in [-0.4, -0.2) is 33.6 Å². The van der Waals surface area contributed by atoms with E-state index in [-0.39, 0.29) is 18.9 Å². The Kier molecular flexibility index (Phi) is 7.13. The molecule has 194 valence electrons. The lowest BCUT2D eigenvalue weighted by Crippen LogP contribution is -2.44. The van der Waals surface area contributed by atoms with E-state index in [2.05, 4.69) is 10.3 Å². The molecule has 0 spiro atoms. The summed E-state index contributed by atoms with van der Waals surface area (Å²) in [7, 11) is 0. The quantitative estimate of drug-likeness (QED) is 0.246. The van der Waals surface area contributed by atoms with Crippen molar-refractivity contribution in [3.63, 3.8) is 0 Å². The Morgan fingerprint density at radius 2 is 1.87 bits per heavy atom. The molecule has 38 heavy (non-hydrogen) atoms. The Morgan fingerprint density at radius 3 is 2.66 bits per heavy atom. The standard InChI is InChI=1S/C31H31N3O4/c1-21(9-7-8-16-35)31(38)26-18-24(33-29(36)17-23-19-32-27-13-6-5-12-25(23)27)14-15-28(26)34(30(31)37)20-22-10-3-2-4-11-22/h2-7,9-15,18-19,21,32,35,38H,8,16-17,20H2,1H3,(H,33,36)/b9-7+/t21-,31+/m1/s1. The number of hydrogen-bond donors (Lipinski definition) is 4. The summed E-state index contributed by atoms with van der Waals surface area (Å²) in [6.45, 7) is 2.08. The lowest BCUT2D eigenvalue weighted by Gasteiger charge is -2.28. The number of H-pyrrole nitrogens is 1. The number of para-hydroxylation sites is 1. The molecule has 3 aromatic carbocycles. The summed E-state index contributed by atoms with van der Waals surface area (Å²) in [6, 6.07) is 22.7. The number of carbonyl (C=O) groups excluding carboxylic acids is 2. The Hall–Kier alpha value is -4.20. The molecule has 7 nitrogen and oxygen atoms in total. The van der Waals surface area contributed by atoms with Crippen molar-refractivity contribution < 1.29 is 19.8 Å². The summed E-state index contributed by atoms with van der Waals surface area (Å²) in [5, 5.41) is 25.0. The van der Waals surface area contributed by atoms with E-state index in [1.807, 2.05) is 60.8 Å². The smallest absolute Gasteiger partial charge is 0.264 e. The van der Waals surface area contributed by atoms with Gasteiger partial charge in [0.15, 0.2) is 5.60 Å². The van der Waals surface area contributed by atoms with E-state index < -0.39 is 17.4 Å². The molecule has 1 aliphatic rings. The molecule has 2 atom stereocenters. The van der Waals surface area contributed by atoms with Gasteiger partial charge in [-0.2, -0.15) is 0 Å². The van der Waals surface area contributed by atoms with Crippen molar-refractivity contribution in [3.8, 4) is 0 Å². The van der Waals surface area contributed by atoms with Crippen LogP contribution >= 0.6 is 0 Å². The van der Waals surface area contributed by atoms with Gasteiger partial charge >= 0.3 is 0 Å². The lowest BCUT2D eigenvalue weighted by molar-refractivity contribution is -0.139. The Morgan fingerprint density at radius 1 is 1.11 bits per heavy atom. The van der Waals surface area contributed by atoms with Crippen molar-refractivity contribution in [1.29, 1.82) is 0 Å². The number of anilines is 2. The van der Waals surface area contributed by atoms with Crippen molar-refractivity contribution in [2.24, 2.45) is 5.92 Å². The van der Waals surface area contributed by atoms with Crippen LogP contribution in [0.1, 0.15) is 30.0 Å². The van der Waals surface area contributed by atoms with Gasteiger partial charge in [0, 0.05) is 40.9 Å². The van der Waals surface area contributed by atoms with Crippen LogP contribution in [0.15, 0.2) is 91.1 Å².